The minimum atomic E-state index is -4.46. The van der Waals surface area contributed by atoms with Crippen LogP contribution in [0.3, 0.4) is 0 Å². The van der Waals surface area contributed by atoms with Gasteiger partial charge < -0.3 is 5.32 Å². The molecule has 1 aliphatic rings. The monoisotopic (exact) mass is 392 g/mol. The quantitative estimate of drug-likeness (QED) is 0.734. The van der Waals surface area contributed by atoms with Crippen molar-refractivity contribution in [1.82, 2.24) is 4.90 Å². The van der Waals surface area contributed by atoms with E-state index in [-0.39, 0.29) is 17.3 Å². The Kier molecular flexibility index (Phi) is 5.27. The molecule has 4 nitrogen and oxygen atoms in total. The lowest BCUT2D eigenvalue weighted by atomic mass is 10.1. The number of rotatable bonds is 4. The van der Waals surface area contributed by atoms with E-state index in [9.17, 15) is 22.8 Å². The van der Waals surface area contributed by atoms with Crippen molar-refractivity contribution in [2.45, 2.75) is 13.1 Å². The van der Waals surface area contributed by atoms with Crippen LogP contribution in [0.15, 0.2) is 53.4 Å². The molecule has 0 atom stereocenters. The summed E-state index contributed by atoms with van der Waals surface area (Å²) >= 11 is 0.802. The summed E-state index contributed by atoms with van der Waals surface area (Å²) in [5, 5.41) is 2.22. The number of carbonyl (C=O) groups is 2. The van der Waals surface area contributed by atoms with Crippen LogP contribution in [0.25, 0.3) is 6.08 Å². The number of aryl methyl sites for hydroxylation is 1. The molecule has 0 spiro atoms. The van der Waals surface area contributed by atoms with E-state index in [2.05, 4.69) is 5.32 Å². The molecule has 0 unspecified atom stereocenters. The molecule has 1 N–H and O–H groups in total. The minimum absolute atomic E-state index is 0.173. The maximum atomic E-state index is 12.8. The van der Waals surface area contributed by atoms with Gasteiger partial charge in [0, 0.05) is 5.69 Å². The van der Waals surface area contributed by atoms with Crippen LogP contribution < -0.4 is 5.32 Å². The first-order valence-corrected chi connectivity index (χ1v) is 8.79. The van der Waals surface area contributed by atoms with Crippen LogP contribution >= 0.6 is 11.8 Å². The summed E-state index contributed by atoms with van der Waals surface area (Å²) in [6.45, 7) is 1.73. The van der Waals surface area contributed by atoms with Gasteiger partial charge in [0.2, 0.25) is 0 Å². The lowest BCUT2D eigenvalue weighted by Gasteiger charge is -2.15. The Morgan fingerprint density at radius 3 is 2.48 bits per heavy atom. The number of alkyl halides is 3. The molecule has 140 valence electrons. The largest absolute Gasteiger partial charge is 0.416 e. The highest BCUT2D eigenvalue weighted by atomic mass is 32.2. The fourth-order valence-electron chi connectivity index (χ4n) is 2.43. The summed E-state index contributed by atoms with van der Waals surface area (Å²) in [6, 6.07) is 12.1. The molecule has 0 radical (unpaired) electrons. The third-order valence-corrected chi connectivity index (χ3v) is 4.79. The highest BCUT2D eigenvalue weighted by molar-refractivity contribution is 8.18. The van der Waals surface area contributed by atoms with Crippen LogP contribution in [0.1, 0.15) is 16.7 Å². The van der Waals surface area contributed by atoms with Gasteiger partial charge in [0.1, 0.15) is 0 Å². The molecule has 1 aliphatic heterocycles. The first-order valence-electron chi connectivity index (χ1n) is 7.97. The van der Waals surface area contributed by atoms with Gasteiger partial charge in [-0.3, -0.25) is 14.5 Å². The van der Waals surface area contributed by atoms with Crippen LogP contribution in [0, 0.1) is 6.92 Å². The van der Waals surface area contributed by atoms with Gasteiger partial charge in [-0.15, -0.1) is 0 Å². The first kappa shape index (κ1) is 19.0. The van der Waals surface area contributed by atoms with E-state index < -0.39 is 22.9 Å². The SMILES string of the molecule is Cc1ccc(/C=C2/SC(=O)N(CNc3cccc(C(F)(F)F)c3)C2=O)cc1. The van der Waals surface area contributed by atoms with E-state index in [1.54, 1.807) is 6.08 Å². The summed E-state index contributed by atoms with van der Waals surface area (Å²) < 4.78 is 38.3. The smallest absolute Gasteiger partial charge is 0.367 e. The van der Waals surface area contributed by atoms with Gasteiger partial charge in [-0.25, -0.2) is 0 Å². The number of imide groups is 1. The summed E-state index contributed by atoms with van der Waals surface area (Å²) in [6.07, 6.45) is -2.84. The van der Waals surface area contributed by atoms with Crippen LogP contribution in [-0.4, -0.2) is 22.7 Å². The van der Waals surface area contributed by atoms with Gasteiger partial charge in [-0.05, 0) is 48.5 Å². The predicted octanol–water partition coefficient (Wildman–Crippen LogP) is 5.12. The van der Waals surface area contributed by atoms with Crippen molar-refractivity contribution in [3.8, 4) is 0 Å². The summed E-state index contributed by atoms with van der Waals surface area (Å²) in [5.41, 5.74) is 1.23. The molecule has 2 aromatic carbocycles. The zero-order chi connectivity index (χ0) is 19.6. The second-order valence-electron chi connectivity index (χ2n) is 5.93. The molecule has 1 saturated heterocycles. The number of carbonyl (C=O) groups excluding carboxylic acids is 2. The Labute approximate surface area is 158 Å². The van der Waals surface area contributed by atoms with Crippen molar-refractivity contribution >= 4 is 34.7 Å². The van der Waals surface area contributed by atoms with Crippen molar-refractivity contribution in [2.24, 2.45) is 0 Å². The highest BCUT2D eigenvalue weighted by Crippen LogP contribution is 2.33. The maximum Gasteiger partial charge on any atom is 0.416 e. The molecule has 3 rings (SSSR count). The third kappa shape index (κ3) is 4.51. The number of nitrogens with zero attached hydrogens (tertiary/aromatic N) is 1. The van der Waals surface area contributed by atoms with E-state index in [1.165, 1.54) is 12.1 Å². The van der Waals surface area contributed by atoms with E-state index in [0.717, 1.165) is 39.9 Å². The Balaban J connectivity index is 1.70. The van der Waals surface area contributed by atoms with Gasteiger partial charge >= 0.3 is 6.18 Å². The fraction of sp³-hybridized carbons (Fsp3) is 0.158. The van der Waals surface area contributed by atoms with Crippen molar-refractivity contribution in [3.05, 3.63) is 70.1 Å². The lowest BCUT2D eigenvalue weighted by Crippen LogP contribution is -2.33. The number of hydrogen-bond acceptors (Lipinski definition) is 4. The molecule has 0 saturated carbocycles. The number of amides is 2. The van der Waals surface area contributed by atoms with Gasteiger partial charge in [-0.1, -0.05) is 35.9 Å². The van der Waals surface area contributed by atoms with Crippen LogP contribution in [0.5, 0.6) is 0 Å². The molecule has 1 heterocycles. The number of nitrogens with one attached hydrogen (secondary N) is 1. The van der Waals surface area contributed by atoms with Gasteiger partial charge in [0.05, 0.1) is 17.1 Å². The number of benzene rings is 2. The molecule has 2 amide bonds. The normalized spacial score (nSPS) is 16.3. The molecular formula is C19H15F3N2O2S. The highest BCUT2D eigenvalue weighted by Gasteiger charge is 2.35. The van der Waals surface area contributed by atoms with Gasteiger partial charge in [0.25, 0.3) is 11.1 Å². The summed E-state index contributed by atoms with van der Waals surface area (Å²) in [7, 11) is 0. The molecular weight excluding hydrogens is 377 g/mol. The van der Waals surface area contributed by atoms with Crippen LogP contribution in [-0.2, 0) is 11.0 Å². The number of anilines is 1. The summed E-state index contributed by atoms with van der Waals surface area (Å²) in [4.78, 5) is 25.8. The Bertz CT molecular complexity index is 908. The van der Waals surface area contributed by atoms with E-state index in [4.69, 9.17) is 0 Å². The average molecular weight is 392 g/mol. The number of hydrogen-bond donors (Lipinski definition) is 1. The summed E-state index contributed by atoms with van der Waals surface area (Å²) in [5.74, 6) is -0.481. The number of thioether (sulfide) groups is 1. The molecule has 8 heteroatoms. The number of halogens is 3. The van der Waals surface area contributed by atoms with Gasteiger partial charge in [0.15, 0.2) is 0 Å². The van der Waals surface area contributed by atoms with E-state index in [0.29, 0.717) is 0 Å². The second kappa shape index (κ2) is 7.48. The molecule has 0 aliphatic carbocycles. The zero-order valence-corrected chi connectivity index (χ0v) is 15.0. The molecule has 0 bridgehead atoms. The predicted molar refractivity (Wildman–Crippen MR) is 98.9 cm³/mol. The Hall–Kier alpha value is -2.74. The average Bonchev–Trinajstić information content (AvgIpc) is 2.88. The van der Waals surface area contributed by atoms with Crippen LogP contribution in [0.2, 0.25) is 0 Å². The molecule has 1 fully saturated rings. The fourth-order valence-corrected chi connectivity index (χ4v) is 3.26. The third-order valence-electron chi connectivity index (χ3n) is 3.88. The van der Waals surface area contributed by atoms with Crippen molar-refractivity contribution in [2.75, 3.05) is 12.0 Å². The van der Waals surface area contributed by atoms with Crippen molar-refractivity contribution in [1.29, 1.82) is 0 Å². The molecule has 27 heavy (non-hydrogen) atoms. The van der Waals surface area contributed by atoms with Crippen LogP contribution in [0.4, 0.5) is 23.7 Å². The Morgan fingerprint density at radius 2 is 1.81 bits per heavy atom. The second-order valence-corrected chi connectivity index (χ2v) is 6.93. The van der Waals surface area contributed by atoms with Crippen molar-refractivity contribution < 1.29 is 22.8 Å². The standard InChI is InChI=1S/C19H15F3N2O2S/c1-12-5-7-13(8-6-12)9-16-17(25)24(18(26)27-16)11-23-15-4-2-3-14(10-15)19(20,21)22/h2-10,23H,11H2,1H3/b16-9+. The maximum absolute atomic E-state index is 12.8. The van der Waals surface area contributed by atoms with Crippen molar-refractivity contribution in [3.63, 3.8) is 0 Å². The van der Waals surface area contributed by atoms with Gasteiger partial charge in [-0.2, -0.15) is 13.2 Å². The molecule has 2 aromatic rings. The van der Waals surface area contributed by atoms with E-state index in [1.807, 2.05) is 31.2 Å². The zero-order valence-electron chi connectivity index (χ0n) is 14.2. The Morgan fingerprint density at radius 1 is 1.11 bits per heavy atom. The minimum Gasteiger partial charge on any atom is -0.367 e. The topological polar surface area (TPSA) is 49.4 Å². The lowest BCUT2D eigenvalue weighted by molar-refractivity contribution is -0.137. The molecule has 0 aromatic heterocycles. The van der Waals surface area contributed by atoms with E-state index >= 15 is 0 Å². The first-order chi connectivity index (χ1) is 12.7.